The number of carboxylic acid groups (broad SMARTS) is 2. The van der Waals surface area contributed by atoms with Gasteiger partial charge in [-0.1, -0.05) is 24.3 Å². The van der Waals surface area contributed by atoms with Gasteiger partial charge in [-0.2, -0.15) is 0 Å². The van der Waals surface area contributed by atoms with Crippen LogP contribution in [0.25, 0.3) is 0 Å². The average Bonchev–Trinajstić information content (AvgIpc) is 2.04. The normalized spacial score (nSPS) is 7.00. The van der Waals surface area contributed by atoms with E-state index in [-0.39, 0.29) is 134 Å². The molecule has 0 spiro atoms. The van der Waals surface area contributed by atoms with Gasteiger partial charge in [-0.25, -0.2) is 0 Å². The van der Waals surface area contributed by atoms with Gasteiger partial charge in [-0.05, 0) is 0 Å². The van der Waals surface area contributed by atoms with E-state index in [1.54, 1.807) is 0 Å². The zero-order valence-electron chi connectivity index (χ0n) is 8.47. The third kappa shape index (κ3) is 8.11. The second-order valence-electron chi connectivity index (χ2n) is 2.12. The molecule has 8 heteroatoms. The number of rotatable bonds is 2. The van der Waals surface area contributed by atoms with Crippen LogP contribution in [0.2, 0.25) is 0 Å². The summed E-state index contributed by atoms with van der Waals surface area (Å²) in [4.78, 5) is 20.6. The molecule has 0 aliphatic carbocycles. The topological polar surface area (TPSA) is 109 Å². The van der Waals surface area contributed by atoms with Crippen molar-refractivity contribution in [3.8, 4) is 0 Å². The van der Waals surface area contributed by atoms with Crippen LogP contribution in [0.15, 0.2) is 24.3 Å². The summed E-state index contributed by atoms with van der Waals surface area (Å²) < 4.78 is 0. The molecule has 0 bridgehead atoms. The van der Waals surface area contributed by atoms with Crippen molar-refractivity contribution in [2.75, 3.05) is 0 Å². The van der Waals surface area contributed by atoms with Gasteiger partial charge in [0.1, 0.15) is 0 Å². The molecule has 0 atom stereocenters. The molecule has 0 aliphatic heterocycles. The molecule has 0 saturated heterocycles. The Labute approximate surface area is 186 Å². The summed E-state index contributed by atoms with van der Waals surface area (Å²) in [6.45, 7) is 0. The number of benzene rings is 1. The standard InChI is InChI=1S/C8H6O4.Ba.Mg.O.Sr/c9-7(10)5-3-1-2-4-6(5)8(11)12;;;;/h1-4H,(H,9,10)(H,11,12);;;;/q;2*+2;-2;+2/p-2. The maximum atomic E-state index is 10.3. The van der Waals surface area contributed by atoms with E-state index in [9.17, 15) is 19.8 Å². The minimum absolute atomic E-state index is 0. The van der Waals surface area contributed by atoms with E-state index in [4.69, 9.17) is 0 Å². The van der Waals surface area contributed by atoms with Crippen LogP contribution >= 0.6 is 0 Å². The number of aromatic carboxylic acids is 2. The summed E-state index contributed by atoms with van der Waals surface area (Å²) in [5.41, 5.74) is -0.727. The third-order valence-corrected chi connectivity index (χ3v) is 1.37. The predicted octanol–water partition coefficient (Wildman–Crippen LogP) is -2.85. The maximum absolute atomic E-state index is 10.3. The molecular formula is C8H4BaMgO5Sr+2. The van der Waals surface area contributed by atoms with Gasteiger partial charge in [0.15, 0.2) is 0 Å². The Bertz CT molecular complexity index is 314. The summed E-state index contributed by atoms with van der Waals surface area (Å²) in [6, 6.07) is 5.14. The summed E-state index contributed by atoms with van der Waals surface area (Å²) in [5, 5.41) is 20.6. The zero-order valence-corrected chi connectivity index (χ0v) is 17.8. The molecule has 1 aromatic carbocycles. The van der Waals surface area contributed by atoms with Gasteiger partial charge < -0.3 is 25.3 Å². The van der Waals surface area contributed by atoms with Crippen LogP contribution in [0.4, 0.5) is 0 Å². The van der Waals surface area contributed by atoms with E-state index in [2.05, 4.69) is 0 Å². The fourth-order valence-electron chi connectivity index (χ4n) is 0.839. The molecule has 0 aromatic heterocycles. The number of hydrogen-bond donors (Lipinski definition) is 0. The van der Waals surface area contributed by atoms with Crippen molar-refractivity contribution in [1.82, 2.24) is 0 Å². The fraction of sp³-hybridized carbons (Fsp3) is 0. The van der Waals surface area contributed by atoms with Gasteiger partial charge >= 0.3 is 117 Å². The van der Waals surface area contributed by atoms with Crippen molar-refractivity contribution >= 4 is 129 Å². The first kappa shape index (κ1) is 26.5. The smallest absolute Gasteiger partial charge is 2.00 e. The van der Waals surface area contributed by atoms with Crippen LogP contribution in [0, 0.1) is 0 Å². The van der Waals surface area contributed by atoms with Crippen LogP contribution in [-0.4, -0.2) is 129 Å². The minimum atomic E-state index is -1.52. The predicted molar refractivity (Wildman–Crippen MR) is 53.1 cm³/mol. The van der Waals surface area contributed by atoms with Gasteiger partial charge in [0.05, 0.1) is 11.9 Å². The number of carboxylic acids is 2. The van der Waals surface area contributed by atoms with E-state index >= 15 is 0 Å². The molecule has 0 N–H and O–H groups in total. The molecular weight excluding hydrogens is 425 g/mol. The molecule has 5 nitrogen and oxygen atoms in total. The van der Waals surface area contributed by atoms with E-state index in [1.807, 2.05) is 0 Å². The number of carbonyl (C=O) groups excluding carboxylic acids is 2. The monoisotopic (exact) mass is 430 g/mol. The van der Waals surface area contributed by atoms with Crippen LogP contribution in [0.3, 0.4) is 0 Å². The minimum Gasteiger partial charge on any atom is -2.00 e. The Morgan fingerprint density at radius 2 is 1.19 bits per heavy atom. The molecule has 0 aliphatic rings. The van der Waals surface area contributed by atoms with Crippen molar-refractivity contribution in [2.45, 2.75) is 0 Å². The third-order valence-electron chi connectivity index (χ3n) is 1.37. The van der Waals surface area contributed by atoms with Crippen LogP contribution in [-0.2, 0) is 5.48 Å². The first-order valence-corrected chi connectivity index (χ1v) is 3.14. The molecule has 1 rings (SSSR count). The second kappa shape index (κ2) is 13.4. The molecule has 0 fully saturated rings. The van der Waals surface area contributed by atoms with E-state index in [0.717, 1.165) is 12.1 Å². The molecule has 16 heavy (non-hydrogen) atoms. The Hall–Kier alpha value is 1.94. The summed E-state index contributed by atoms with van der Waals surface area (Å²) in [6.07, 6.45) is 0. The number of hydrogen-bond acceptors (Lipinski definition) is 4. The zero-order chi connectivity index (χ0) is 9.14. The molecule has 0 heterocycles. The van der Waals surface area contributed by atoms with Crippen molar-refractivity contribution in [3.05, 3.63) is 35.4 Å². The summed E-state index contributed by atoms with van der Waals surface area (Å²) >= 11 is 0. The SMILES string of the molecule is O=C([O-])c1ccccc1C(=O)[O-].[Ba+2].[Mg+2].[O-2].[Sr+2]. The number of carbonyl (C=O) groups is 2. The molecule has 0 amide bonds. The van der Waals surface area contributed by atoms with E-state index < -0.39 is 11.9 Å². The van der Waals surface area contributed by atoms with Crippen LogP contribution < -0.4 is 10.2 Å². The summed E-state index contributed by atoms with van der Waals surface area (Å²) in [5.74, 6) is -3.04. The Morgan fingerprint density at radius 1 is 0.938 bits per heavy atom. The quantitative estimate of drug-likeness (QED) is 0.472. The molecule has 0 saturated carbocycles. The van der Waals surface area contributed by atoms with Gasteiger partial charge in [0.25, 0.3) is 0 Å². The Morgan fingerprint density at radius 3 is 1.38 bits per heavy atom. The Balaban J connectivity index is -0.000000180. The van der Waals surface area contributed by atoms with Crippen LogP contribution in [0.1, 0.15) is 20.7 Å². The second-order valence-corrected chi connectivity index (χ2v) is 2.12. The maximum Gasteiger partial charge on any atom is 2.00 e. The van der Waals surface area contributed by atoms with Crippen molar-refractivity contribution in [2.24, 2.45) is 0 Å². The molecule has 0 radical (unpaired) electrons. The van der Waals surface area contributed by atoms with Crippen LogP contribution in [0.5, 0.6) is 0 Å². The van der Waals surface area contributed by atoms with Crippen molar-refractivity contribution in [1.29, 1.82) is 0 Å². The molecule has 70 valence electrons. The molecule has 0 unspecified atom stereocenters. The van der Waals surface area contributed by atoms with Crippen molar-refractivity contribution < 1.29 is 25.3 Å². The fourth-order valence-corrected chi connectivity index (χ4v) is 0.839. The van der Waals surface area contributed by atoms with Gasteiger partial charge in [-0.3, -0.25) is 0 Å². The van der Waals surface area contributed by atoms with Gasteiger partial charge in [-0.15, -0.1) is 0 Å². The van der Waals surface area contributed by atoms with E-state index in [0.29, 0.717) is 0 Å². The van der Waals surface area contributed by atoms with Gasteiger partial charge in [0, 0.05) is 11.1 Å². The van der Waals surface area contributed by atoms with E-state index in [1.165, 1.54) is 12.1 Å². The largest absolute Gasteiger partial charge is 2.00 e. The summed E-state index contributed by atoms with van der Waals surface area (Å²) in [7, 11) is 0. The Kier molecular flexibility index (Phi) is 22.1. The average molecular weight is 429 g/mol. The van der Waals surface area contributed by atoms with Crippen molar-refractivity contribution in [3.63, 3.8) is 0 Å². The van der Waals surface area contributed by atoms with Gasteiger partial charge in [0.2, 0.25) is 0 Å². The first-order chi connectivity index (χ1) is 5.63. The molecule has 1 aromatic rings. The first-order valence-electron chi connectivity index (χ1n) is 3.14.